The summed E-state index contributed by atoms with van der Waals surface area (Å²) in [4.78, 5) is 14.0. The molecule has 1 saturated heterocycles. The Morgan fingerprint density at radius 2 is 1.58 bits per heavy atom. The van der Waals surface area contributed by atoms with Gasteiger partial charge in [-0.05, 0) is 56.5 Å². The van der Waals surface area contributed by atoms with Gasteiger partial charge in [0.2, 0.25) is 0 Å². The third kappa shape index (κ3) is 4.91. The summed E-state index contributed by atoms with van der Waals surface area (Å²) in [5, 5.41) is 9.40. The van der Waals surface area contributed by atoms with Crippen LogP contribution in [0.3, 0.4) is 0 Å². The summed E-state index contributed by atoms with van der Waals surface area (Å²) in [5.74, 6) is 0.476. The van der Waals surface area contributed by atoms with Crippen LogP contribution >= 0.6 is 0 Å². The topological polar surface area (TPSA) is 114 Å². The Kier molecular flexibility index (Phi) is 6.86. The van der Waals surface area contributed by atoms with Crippen molar-refractivity contribution in [3.8, 4) is 11.3 Å². The van der Waals surface area contributed by atoms with Crippen LogP contribution in [0.1, 0.15) is 37.3 Å². The number of likely N-dealkylation sites (N-methyl/N-ethyl adjacent to an activating group) is 1. The maximum Gasteiger partial charge on any atom is 0.164 e. The number of hydrogen-bond donors (Lipinski definition) is 3. The van der Waals surface area contributed by atoms with Gasteiger partial charge in [0.25, 0.3) is 0 Å². The van der Waals surface area contributed by atoms with Crippen molar-refractivity contribution in [3.05, 3.63) is 60.4 Å². The highest BCUT2D eigenvalue weighted by atomic mass is 15.3. The third-order valence-corrected chi connectivity index (χ3v) is 8.28. The highest BCUT2D eigenvalue weighted by Crippen LogP contribution is 2.37. The molecule has 3 heterocycles. The molecule has 1 saturated carbocycles. The summed E-state index contributed by atoms with van der Waals surface area (Å²) >= 11 is 0. The molecule has 2 fully saturated rings. The maximum atomic E-state index is 6.38. The third-order valence-electron chi connectivity index (χ3n) is 8.28. The van der Waals surface area contributed by atoms with Crippen LogP contribution in [0.2, 0.25) is 0 Å². The molecule has 0 amide bonds. The van der Waals surface area contributed by atoms with E-state index in [0.717, 1.165) is 65.2 Å². The van der Waals surface area contributed by atoms with Gasteiger partial charge < -0.3 is 21.7 Å². The zero-order valence-electron chi connectivity index (χ0n) is 22.1. The van der Waals surface area contributed by atoms with Gasteiger partial charge in [0.1, 0.15) is 17.8 Å². The van der Waals surface area contributed by atoms with E-state index in [9.17, 15) is 0 Å². The van der Waals surface area contributed by atoms with Crippen LogP contribution in [-0.4, -0.2) is 68.8 Å². The molecule has 0 unspecified atom stereocenters. The smallest absolute Gasteiger partial charge is 0.164 e. The summed E-state index contributed by atoms with van der Waals surface area (Å²) < 4.78 is 2.12. The lowest BCUT2D eigenvalue weighted by molar-refractivity contribution is 0.0815. The molecular weight excluding hydrogens is 474 g/mol. The van der Waals surface area contributed by atoms with E-state index in [0.29, 0.717) is 24.4 Å². The Labute approximate surface area is 223 Å². The Morgan fingerprint density at radius 1 is 0.868 bits per heavy atom. The van der Waals surface area contributed by atoms with Crippen molar-refractivity contribution in [1.29, 1.82) is 0 Å². The van der Waals surface area contributed by atoms with Gasteiger partial charge in [-0.3, -0.25) is 4.90 Å². The van der Waals surface area contributed by atoms with Crippen molar-refractivity contribution < 1.29 is 0 Å². The summed E-state index contributed by atoms with van der Waals surface area (Å²) in [7, 11) is 2.22. The van der Waals surface area contributed by atoms with Crippen molar-refractivity contribution in [3.63, 3.8) is 0 Å². The quantitative estimate of drug-likeness (QED) is 0.333. The molecule has 2 aromatic heterocycles. The zero-order valence-corrected chi connectivity index (χ0v) is 22.1. The molecule has 0 bridgehead atoms. The summed E-state index contributed by atoms with van der Waals surface area (Å²) in [5.41, 5.74) is 18.0. The number of nitrogens with zero attached hydrogens (tertiary/aromatic N) is 6. The van der Waals surface area contributed by atoms with Gasteiger partial charge in [-0.25, -0.2) is 14.6 Å². The highest BCUT2D eigenvalue weighted by Gasteiger charge is 2.30. The van der Waals surface area contributed by atoms with Crippen LogP contribution in [0.15, 0.2) is 54.9 Å². The Hall–Kier alpha value is -3.69. The second-order valence-corrected chi connectivity index (χ2v) is 10.7. The van der Waals surface area contributed by atoms with E-state index in [2.05, 4.69) is 61.1 Å². The van der Waals surface area contributed by atoms with Gasteiger partial charge >= 0.3 is 0 Å². The first-order valence-electron chi connectivity index (χ1n) is 13.7. The molecule has 0 atom stereocenters. The molecule has 6 rings (SSSR count). The van der Waals surface area contributed by atoms with Crippen LogP contribution < -0.4 is 16.8 Å². The molecule has 9 nitrogen and oxygen atoms in total. The minimum atomic E-state index is 0.321. The standard InChI is InChI=1S/C29H37N9/c1-36-14-16-37(17-15-36)23-10-12-24(13-11-23)38-29-26(28(31)33-19-34-29)27(35-38)20-6-8-22(9-7-20)32-18-21-4-2-3-5-25(21)30/h2-9,19,23-24,32H,10-18,30H2,1H3,(H2,31,33,34)/t23-,24-. The van der Waals surface area contributed by atoms with E-state index in [1.54, 1.807) is 6.33 Å². The van der Waals surface area contributed by atoms with Gasteiger partial charge in [-0.1, -0.05) is 30.3 Å². The normalized spacial score (nSPS) is 21.1. The van der Waals surface area contributed by atoms with Gasteiger partial charge in [0.15, 0.2) is 5.65 Å². The van der Waals surface area contributed by atoms with Crippen molar-refractivity contribution in [2.45, 2.75) is 44.3 Å². The summed E-state index contributed by atoms with van der Waals surface area (Å²) in [6.07, 6.45) is 6.14. The lowest BCUT2D eigenvalue weighted by Gasteiger charge is -2.41. The molecule has 2 aromatic carbocycles. The first-order chi connectivity index (χ1) is 18.6. The molecule has 2 aliphatic rings. The van der Waals surface area contributed by atoms with Crippen LogP contribution in [0.4, 0.5) is 17.2 Å². The fourth-order valence-electron chi connectivity index (χ4n) is 5.95. The SMILES string of the molecule is CN1CCN([C@H]2CC[C@H](n3nc(-c4ccc(NCc5ccccc5N)cc4)c4c(N)ncnc43)CC2)CC1. The molecule has 9 heteroatoms. The van der Waals surface area contributed by atoms with Gasteiger partial charge in [0, 0.05) is 55.7 Å². The van der Waals surface area contributed by atoms with E-state index < -0.39 is 0 Å². The molecule has 0 radical (unpaired) electrons. The van der Waals surface area contributed by atoms with Crippen LogP contribution in [0.5, 0.6) is 0 Å². The minimum Gasteiger partial charge on any atom is -0.398 e. The predicted octanol–water partition coefficient (Wildman–Crippen LogP) is 4.00. The average molecular weight is 512 g/mol. The van der Waals surface area contributed by atoms with Crippen molar-refractivity contribution in [2.75, 3.05) is 50.0 Å². The number of hydrogen-bond acceptors (Lipinski definition) is 8. The molecule has 4 aromatic rings. The number of nitrogens with one attached hydrogen (secondary N) is 1. The largest absolute Gasteiger partial charge is 0.398 e. The number of benzene rings is 2. The minimum absolute atomic E-state index is 0.321. The van der Waals surface area contributed by atoms with E-state index >= 15 is 0 Å². The average Bonchev–Trinajstić information content (AvgIpc) is 3.34. The second kappa shape index (κ2) is 10.6. The fourth-order valence-corrected chi connectivity index (χ4v) is 5.95. The highest BCUT2D eigenvalue weighted by molar-refractivity contribution is 5.98. The first-order valence-corrected chi connectivity index (χ1v) is 13.7. The maximum absolute atomic E-state index is 6.38. The first kappa shape index (κ1) is 24.6. The predicted molar refractivity (Wildman–Crippen MR) is 154 cm³/mol. The van der Waals surface area contributed by atoms with E-state index in [1.165, 1.54) is 25.9 Å². The molecule has 198 valence electrons. The molecule has 1 aliphatic carbocycles. The van der Waals surface area contributed by atoms with E-state index in [1.807, 2.05) is 24.3 Å². The van der Waals surface area contributed by atoms with E-state index in [-0.39, 0.29) is 0 Å². The summed E-state index contributed by atoms with van der Waals surface area (Å²) in [6, 6.07) is 17.2. The number of nitrogens with two attached hydrogens (primary N) is 2. The van der Waals surface area contributed by atoms with Crippen molar-refractivity contribution in [1.82, 2.24) is 29.5 Å². The molecule has 5 N–H and O–H groups in total. The number of anilines is 3. The lowest BCUT2D eigenvalue weighted by Crippen LogP contribution is -2.49. The number of piperazine rings is 1. The van der Waals surface area contributed by atoms with Gasteiger partial charge in [-0.15, -0.1) is 0 Å². The van der Waals surface area contributed by atoms with E-state index in [4.69, 9.17) is 16.6 Å². The Bertz CT molecular complexity index is 1380. The zero-order chi connectivity index (χ0) is 26.1. The number of rotatable bonds is 6. The Morgan fingerprint density at radius 3 is 2.32 bits per heavy atom. The number of nitrogen functional groups attached to an aromatic ring is 2. The van der Waals surface area contributed by atoms with Crippen LogP contribution in [0.25, 0.3) is 22.3 Å². The lowest BCUT2D eigenvalue weighted by atomic mass is 9.90. The second-order valence-electron chi connectivity index (χ2n) is 10.7. The summed E-state index contributed by atoms with van der Waals surface area (Å²) in [6.45, 7) is 5.35. The number of aromatic nitrogens is 4. The fraction of sp³-hybridized carbons (Fsp3) is 0.414. The molecule has 1 aliphatic heterocycles. The number of fused-ring (bicyclic) bond motifs is 1. The molecule has 38 heavy (non-hydrogen) atoms. The molecule has 0 spiro atoms. The van der Waals surface area contributed by atoms with Crippen LogP contribution in [0, 0.1) is 0 Å². The Balaban J connectivity index is 1.20. The monoisotopic (exact) mass is 511 g/mol. The number of para-hydroxylation sites is 1. The van der Waals surface area contributed by atoms with Crippen molar-refractivity contribution in [2.24, 2.45) is 0 Å². The van der Waals surface area contributed by atoms with Gasteiger partial charge in [-0.2, -0.15) is 5.10 Å². The van der Waals surface area contributed by atoms with Crippen LogP contribution in [-0.2, 0) is 6.54 Å². The molecular formula is C29H37N9. The van der Waals surface area contributed by atoms with Crippen molar-refractivity contribution >= 4 is 28.2 Å². The van der Waals surface area contributed by atoms with Gasteiger partial charge in [0.05, 0.1) is 11.4 Å².